The van der Waals surface area contributed by atoms with Gasteiger partial charge in [0.25, 0.3) is 0 Å². The lowest BCUT2D eigenvalue weighted by molar-refractivity contribution is -0.117. The van der Waals surface area contributed by atoms with Crippen LogP contribution >= 0.6 is 0 Å². The lowest BCUT2D eigenvalue weighted by Crippen LogP contribution is -2.47. The SMILES string of the molecule is CC(=O)N1c2ccccc2[C@H](Cc2cccc(C)c2)C(C)[C@@H]1C. The molecule has 1 aliphatic rings. The summed E-state index contributed by atoms with van der Waals surface area (Å²) in [5, 5.41) is 0. The van der Waals surface area contributed by atoms with Crippen LogP contribution in [-0.4, -0.2) is 11.9 Å². The lowest BCUT2D eigenvalue weighted by atomic mass is 9.75. The van der Waals surface area contributed by atoms with Crippen molar-refractivity contribution in [1.29, 1.82) is 0 Å². The molecule has 0 radical (unpaired) electrons. The number of amides is 1. The van der Waals surface area contributed by atoms with Gasteiger partial charge in [-0.25, -0.2) is 0 Å². The van der Waals surface area contributed by atoms with Gasteiger partial charge in [-0.1, -0.05) is 55.0 Å². The van der Waals surface area contributed by atoms with E-state index in [0.717, 1.165) is 12.1 Å². The van der Waals surface area contributed by atoms with Gasteiger partial charge in [0, 0.05) is 18.7 Å². The van der Waals surface area contributed by atoms with Crippen LogP contribution in [0.3, 0.4) is 0 Å². The third-order valence-corrected chi connectivity index (χ3v) is 5.28. The highest BCUT2D eigenvalue weighted by Crippen LogP contribution is 2.43. The standard InChI is InChI=1S/C21H25NO/c1-14-8-7-9-18(12-14)13-20-15(2)16(3)22(17(4)23)21-11-6-5-10-19(20)21/h5-12,15-16,20H,13H2,1-4H3/t15?,16-,20+/m0/s1. The number of carbonyl (C=O) groups excluding carboxylic acids is 1. The maximum absolute atomic E-state index is 12.2. The van der Waals surface area contributed by atoms with Gasteiger partial charge in [-0.3, -0.25) is 4.79 Å². The van der Waals surface area contributed by atoms with Crippen molar-refractivity contribution in [2.75, 3.05) is 4.90 Å². The van der Waals surface area contributed by atoms with Crippen LogP contribution in [0.2, 0.25) is 0 Å². The number of aryl methyl sites for hydroxylation is 1. The zero-order valence-corrected chi connectivity index (χ0v) is 14.4. The first-order chi connectivity index (χ1) is 11.0. The molecule has 3 atom stereocenters. The fourth-order valence-corrected chi connectivity index (χ4v) is 3.94. The zero-order valence-electron chi connectivity index (χ0n) is 14.4. The number of rotatable bonds is 2. The van der Waals surface area contributed by atoms with E-state index in [-0.39, 0.29) is 11.9 Å². The minimum Gasteiger partial charge on any atom is -0.309 e. The van der Waals surface area contributed by atoms with E-state index in [0.29, 0.717) is 11.8 Å². The normalized spacial score (nSPS) is 23.5. The van der Waals surface area contributed by atoms with Crippen molar-refractivity contribution in [1.82, 2.24) is 0 Å². The van der Waals surface area contributed by atoms with Crippen molar-refractivity contribution in [2.45, 2.75) is 46.1 Å². The molecule has 2 aromatic rings. The minimum absolute atomic E-state index is 0.130. The molecule has 0 aromatic heterocycles. The number of para-hydroxylation sites is 1. The van der Waals surface area contributed by atoms with Crippen LogP contribution in [-0.2, 0) is 11.2 Å². The molecule has 0 N–H and O–H groups in total. The summed E-state index contributed by atoms with van der Waals surface area (Å²) >= 11 is 0. The van der Waals surface area contributed by atoms with Crippen LogP contribution in [0.5, 0.6) is 0 Å². The van der Waals surface area contributed by atoms with Gasteiger partial charge in [-0.15, -0.1) is 0 Å². The summed E-state index contributed by atoms with van der Waals surface area (Å²) in [7, 11) is 0. The Kier molecular flexibility index (Phi) is 4.25. The summed E-state index contributed by atoms with van der Waals surface area (Å²) in [5.41, 5.74) is 5.07. The molecule has 0 saturated heterocycles. The largest absolute Gasteiger partial charge is 0.309 e. The molecule has 2 aromatic carbocycles. The smallest absolute Gasteiger partial charge is 0.224 e. The maximum Gasteiger partial charge on any atom is 0.224 e. The van der Waals surface area contributed by atoms with Gasteiger partial charge in [0.1, 0.15) is 0 Å². The Hall–Kier alpha value is -2.09. The molecule has 0 fully saturated rings. The number of anilines is 1. The van der Waals surface area contributed by atoms with Gasteiger partial charge < -0.3 is 4.90 Å². The summed E-state index contributed by atoms with van der Waals surface area (Å²) in [4.78, 5) is 14.1. The van der Waals surface area contributed by atoms with E-state index in [9.17, 15) is 4.79 Å². The topological polar surface area (TPSA) is 20.3 Å². The average molecular weight is 307 g/mol. The predicted molar refractivity (Wildman–Crippen MR) is 95.9 cm³/mol. The number of fused-ring (bicyclic) bond motifs is 1. The van der Waals surface area contributed by atoms with Gasteiger partial charge in [-0.05, 0) is 49.3 Å². The fraction of sp³-hybridized carbons (Fsp3) is 0.381. The number of carbonyl (C=O) groups is 1. The van der Waals surface area contributed by atoms with Gasteiger partial charge in [-0.2, -0.15) is 0 Å². The van der Waals surface area contributed by atoms with Crippen LogP contribution in [0.15, 0.2) is 48.5 Å². The molecule has 1 aliphatic heterocycles. The first-order valence-corrected chi connectivity index (χ1v) is 8.43. The molecular weight excluding hydrogens is 282 g/mol. The van der Waals surface area contributed by atoms with Crippen LogP contribution < -0.4 is 4.90 Å². The molecule has 3 rings (SSSR count). The van der Waals surface area contributed by atoms with Gasteiger partial charge >= 0.3 is 0 Å². The molecule has 0 aliphatic carbocycles. The Morgan fingerprint density at radius 2 is 1.83 bits per heavy atom. The molecule has 23 heavy (non-hydrogen) atoms. The van der Waals surface area contributed by atoms with Crippen molar-refractivity contribution in [3.63, 3.8) is 0 Å². The maximum atomic E-state index is 12.2. The van der Waals surface area contributed by atoms with Crippen molar-refractivity contribution in [3.05, 3.63) is 65.2 Å². The van der Waals surface area contributed by atoms with Crippen LogP contribution in [0, 0.1) is 12.8 Å². The number of hydrogen-bond donors (Lipinski definition) is 0. The minimum atomic E-state index is 0.130. The molecule has 1 heterocycles. The van der Waals surface area contributed by atoms with Gasteiger partial charge in [0.05, 0.1) is 0 Å². The van der Waals surface area contributed by atoms with Crippen LogP contribution in [0.1, 0.15) is 43.4 Å². The Morgan fingerprint density at radius 3 is 2.52 bits per heavy atom. The number of benzene rings is 2. The van der Waals surface area contributed by atoms with Crippen molar-refractivity contribution in [3.8, 4) is 0 Å². The third-order valence-electron chi connectivity index (χ3n) is 5.28. The Labute approximate surface area is 139 Å². The van der Waals surface area contributed by atoms with E-state index in [4.69, 9.17) is 0 Å². The number of nitrogens with zero attached hydrogens (tertiary/aromatic N) is 1. The summed E-state index contributed by atoms with van der Waals surface area (Å²) < 4.78 is 0. The van der Waals surface area contributed by atoms with E-state index in [1.54, 1.807) is 6.92 Å². The molecule has 2 nitrogen and oxygen atoms in total. The monoisotopic (exact) mass is 307 g/mol. The first kappa shape index (κ1) is 15.8. The summed E-state index contributed by atoms with van der Waals surface area (Å²) in [6.07, 6.45) is 1.02. The predicted octanol–water partition coefficient (Wildman–Crippen LogP) is 4.71. The molecule has 0 saturated carbocycles. The molecular formula is C21H25NO. The van der Waals surface area contributed by atoms with Gasteiger partial charge in [0.2, 0.25) is 5.91 Å². The average Bonchev–Trinajstić information content (AvgIpc) is 2.51. The van der Waals surface area contributed by atoms with Crippen molar-refractivity contribution in [2.24, 2.45) is 5.92 Å². The highest BCUT2D eigenvalue weighted by atomic mass is 16.2. The van der Waals surface area contributed by atoms with E-state index in [1.165, 1.54) is 16.7 Å². The highest BCUT2D eigenvalue weighted by molar-refractivity contribution is 5.93. The molecule has 0 spiro atoms. The van der Waals surface area contributed by atoms with E-state index in [1.807, 2.05) is 11.0 Å². The number of hydrogen-bond acceptors (Lipinski definition) is 1. The second-order valence-corrected chi connectivity index (χ2v) is 6.85. The van der Waals surface area contributed by atoms with Crippen LogP contribution in [0.25, 0.3) is 0 Å². The Morgan fingerprint density at radius 1 is 1.09 bits per heavy atom. The molecule has 0 bridgehead atoms. The summed E-state index contributed by atoms with van der Waals surface area (Å²) in [6, 6.07) is 17.4. The highest BCUT2D eigenvalue weighted by Gasteiger charge is 2.37. The quantitative estimate of drug-likeness (QED) is 0.786. The Bertz CT molecular complexity index is 721. The molecule has 1 unspecified atom stereocenters. The molecule has 1 amide bonds. The fourth-order valence-electron chi connectivity index (χ4n) is 3.94. The summed E-state index contributed by atoms with van der Waals surface area (Å²) in [5.74, 6) is 0.999. The summed E-state index contributed by atoms with van der Waals surface area (Å²) in [6.45, 7) is 8.25. The van der Waals surface area contributed by atoms with E-state index in [2.05, 4.69) is 63.2 Å². The first-order valence-electron chi connectivity index (χ1n) is 8.43. The Balaban J connectivity index is 2.03. The molecule has 2 heteroatoms. The lowest BCUT2D eigenvalue weighted by Gasteiger charge is -2.43. The van der Waals surface area contributed by atoms with Gasteiger partial charge in [0.15, 0.2) is 0 Å². The third kappa shape index (κ3) is 2.90. The van der Waals surface area contributed by atoms with Crippen molar-refractivity contribution < 1.29 is 4.79 Å². The van der Waals surface area contributed by atoms with Crippen molar-refractivity contribution >= 4 is 11.6 Å². The van der Waals surface area contributed by atoms with E-state index < -0.39 is 0 Å². The van der Waals surface area contributed by atoms with Crippen LogP contribution in [0.4, 0.5) is 5.69 Å². The molecule has 120 valence electrons. The zero-order chi connectivity index (χ0) is 16.6. The second kappa shape index (κ2) is 6.19. The second-order valence-electron chi connectivity index (χ2n) is 6.85. The van der Waals surface area contributed by atoms with E-state index >= 15 is 0 Å².